The Kier molecular flexibility index (Phi) is 4.38. The minimum atomic E-state index is 0.323. The molecule has 2 heterocycles. The van der Waals surface area contributed by atoms with Gasteiger partial charge in [-0.15, -0.1) is 0 Å². The van der Waals surface area contributed by atoms with Crippen LogP contribution < -0.4 is 0 Å². The zero-order valence-corrected chi connectivity index (χ0v) is 10.4. The van der Waals surface area contributed by atoms with Gasteiger partial charge in [0.1, 0.15) is 4.38 Å². The van der Waals surface area contributed by atoms with Gasteiger partial charge >= 0.3 is 0 Å². The molecule has 0 aromatic heterocycles. The van der Waals surface area contributed by atoms with Gasteiger partial charge in [0.25, 0.3) is 0 Å². The van der Waals surface area contributed by atoms with Gasteiger partial charge in [0.2, 0.25) is 5.91 Å². The first-order valence-electron chi connectivity index (χ1n) is 5.44. The van der Waals surface area contributed by atoms with E-state index >= 15 is 0 Å². The van der Waals surface area contributed by atoms with E-state index in [2.05, 4.69) is 4.99 Å². The number of amides is 1. The zero-order valence-electron chi connectivity index (χ0n) is 8.78. The lowest BCUT2D eigenvalue weighted by Gasteiger charge is -2.14. The average Bonchev–Trinajstić information content (AvgIpc) is 2.90. The Hall–Kier alpha value is -0.160. The van der Waals surface area contributed by atoms with E-state index in [0.29, 0.717) is 12.3 Å². The molecule has 84 valence electrons. The van der Waals surface area contributed by atoms with Crippen molar-refractivity contribution in [1.29, 1.82) is 0 Å². The lowest BCUT2D eigenvalue weighted by molar-refractivity contribution is -0.129. The Balaban J connectivity index is 1.62. The van der Waals surface area contributed by atoms with Gasteiger partial charge in [-0.1, -0.05) is 23.5 Å². The molecule has 0 radical (unpaired) electrons. The van der Waals surface area contributed by atoms with E-state index in [1.807, 2.05) is 16.7 Å². The summed E-state index contributed by atoms with van der Waals surface area (Å²) < 4.78 is 1.17. The first-order valence-corrected chi connectivity index (χ1v) is 7.41. The maximum atomic E-state index is 11.7. The molecule has 0 bridgehead atoms. The molecule has 0 atom stereocenters. The van der Waals surface area contributed by atoms with Gasteiger partial charge < -0.3 is 4.90 Å². The smallest absolute Gasteiger partial charge is 0.223 e. The minimum absolute atomic E-state index is 0.323. The van der Waals surface area contributed by atoms with E-state index < -0.39 is 0 Å². The Morgan fingerprint density at radius 1 is 1.47 bits per heavy atom. The molecule has 0 aromatic rings. The first-order chi connectivity index (χ1) is 7.36. The second kappa shape index (κ2) is 5.80. The number of aliphatic imine (C=N–C) groups is 1. The zero-order chi connectivity index (χ0) is 10.5. The van der Waals surface area contributed by atoms with Gasteiger partial charge in [0, 0.05) is 31.0 Å². The van der Waals surface area contributed by atoms with E-state index in [1.165, 1.54) is 17.2 Å². The van der Waals surface area contributed by atoms with Crippen LogP contribution in [-0.4, -0.2) is 46.3 Å². The van der Waals surface area contributed by atoms with E-state index in [0.717, 1.165) is 31.1 Å². The van der Waals surface area contributed by atoms with Crippen molar-refractivity contribution >= 4 is 33.8 Å². The standard InChI is InChI=1S/C10H16N2OS2/c13-9(12-5-1-2-6-12)3-7-14-10-11-4-8-15-10/h1-8H2. The summed E-state index contributed by atoms with van der Waals surface area (Å²) in [4.78, 5) is 18.0. The summed E-state index contributed by atoms with van der Waals surface area (Å²) in [5.41, 5.74) is 0. The number of nitrogens with zero attached hydrogens (tertiary/aromatic N) is 2. The third kappa shape index (κ3) is 3.41. The molecular weight excluding hydrogens is 228 g/mol. The molecule has 0 saturated carbocycles. The normalized spacial score (nSPS) is 20.8. The summed E-state index contributed by atoms with van der Waals surface area (Å²) in [7, 11) is 0. The van der Waals surface area contributed by atoms with Gasteiger partial charge in [-0.2, -0.15) is 0 Å². The van der Waals surface area contributed by atoms with Crippen molar-refractivity contribution in [1.82, 2.24) is 4.90 Å². The van der Waals surface area contributed by atoms with Crippen molar-refractivity contribution < 1.29 is 4.79 Å². The molecule has 1 amide bonds. The fraction of sp³-hybridized carbons (Fsp3) is 0.800. The molecule has 0 N–H and O–H groups in total. The number of rotatable bonds is 3. The molecule has 0 aliphatic carbocycles. The topological polar surface area (TPSA) is 32.7 Å². The largest absolute Gasteiger partial charge is 0.343 e. The van der Waals surface area contributed by atoms with Crippen LogP contribution in [0.3, 0.4) is 0 Å². The summed E-state index contributed by atoms with van der Waals surface area (Å²) in [5.74, 6) is 2.33. The fourth-order valence-corrected chi connectivity index (χ4v) is 3.76. The van der Waals surface area contributed by atoms with Crippen LogP contribution >= 0.6 is 23.5 Å². The Morgan fingerprint density at radius 2 is 2.27 bits per heavy atom. The van der Waals surface area contributed by atoms with Gasteiger partial charge in [-0.3, -0.25) is 9.79 Å². The van der Waals surface area contributed by atoms with E-state index in [-0.39, 0.29) is 0 Å². The van der Waals surface area contributed by atoms with Crippen LogP contribution in [0.4, 0.5) is 0 Å². The first kappa shape index (κ1) is 11.3. The van der Waals surface area contributed by atoms with Crippen LogP contribution in [0.15, 0.2) is 4.99 Å². The number of hydrogen-bond donors (Lipinski definition) is 0. The molecule has 0 spiro atoms. The lowest BCUT2D eigenvalue weighted by Crippen LogP contribution is -2.27. The highest BCUT2D eigenvalue weighted by molar-refractivity contribution is 8.39. The highest BCUT2D eigenvalue weighted by atomic mass is 32.2. The highest BCUT2D eigenvalue weighted by Gasteiger charge is 2.17. The number of thioether (sulfide) groups is 2. The number of carbonyl (C=O) groups is 1. The number of likely N-dealkylation sites (tertiary alicyclic amines) is 1. The summed E-state index contributed by atoms with van der Waals surface area (Å²) in [5, 5.41) is 0. The highest BCUT2D eigenvalue weighted by Crippen LogP contribution is 2.22. The third-order valence-electron chi connectivity index (χ3n) is 2.56. The lowest BCUT2D eigenvalue weighted by atomic mass is 10.4. The van der Waals surface area contributed by atoms with Gasteiger partial charge in [0.15, 0.2) is 0 Å². The molecule has 2 aliphatic heterocycles. The maximum absolute atomic E-state index is 11.7. The van der Waals surface area contributed by atoms with Gasteiger partial charge in [-0.05, 0) is 12.8 Å². The predicted octanol–water partition coefficient (Wildman–Crippen LogP) is 1.83. The molecular formula is C10H16N2OS2. The summed E-state index contributed by atoms with van der Waals surface area (Å²) in [6.07, 6.45) is 3.03. The van der Waals surface area contributed by atoms with Crippen molar-refractivity contribution in [2.24, 2.45) is 4.99 Å². The molecule has 2 rings (SSSR count). The Labute approximate surface area is 99.1 Å². The number of hydrogen-bond acceptors (Lipinski definition) is 4. The molecule has 5 heteroatoms. The molecule has 15 heavy (non-hydrogen) atoms. The van der Waals surface area contributed by atoms with E-state index in [9.17, 15) is 4.79 Å². The average molecular weight is 244 g/mol. The van der Waals surface area contributed by atoms with Crippen LogP contribution in [0.5, 0.6) is 0 Å². The van der Waals surface area contributed by atoms with Crippen molar-refractivity contribution in [2.45, 2.75) is 19.3 Å². The van der Waals surface area contributed by atoms with Crippen LogP contribution in [0.2, 0.25) is 0 Å². The van der Waals surface area contributed by atoms with E-state index in [4.69, 9.17) is 0 Å². The van der Waals surface area contributed by atoms with E-state index in [1.54, 1.807) is 11.8 Å². The summed E-state index contributed by atoms with van der Waals surface area (Å²) >= 11 is 3.55. The Bertz CT molecular complexity index is 262. The van der Waals surface area contributed by atoms with Crippen LogP contribution in [-0.2, 0) is 4.79 Å². The number of carbonyl (C=O) groups excluding carboxylic acids is 1. The minimum Gasteiger partial charge on any atom is -0.343 e. The third-order valence-corrected chi connectivity index (χ3v) is 4.81. The second-order valence-electron chi connectivity index (χ2n) is 3.68. The molecule has 0 aromatic carbocycles. The predicted molar refractivity (Wildman–Crippen MR) is 67.6 cm³/mol. The van der Waals surface area contributed by atoms with Gasteiger partial charge in [0.05, 0.1) is 6.54 Å². The van der Waals surface area contributed by atoms with Gasteiger partial charge in [-0.25, -0.2) is 0 Å². The van der Waals surface area contributed by atoms with Crippen molar-refractivity contribution in [3.63, 3.8) is 0 Å². The van der Waals surface area contributed by atoms with Crippen LogP contribution in [0, 0.1) is 0 Å². The molecule has 1 fully saturated rings. The maximum Gasteiger partial charge on any atom is 0.223 e. The van der Waals surface area contributed by atoms with Crippen molar-refractivity contribution in [2.75, 3.05) is 31.1 Å². The molecule has 2 aliphatic rings. The molecule has 3 nitrogen and oxygen atoms in total. The molecule has 1 saturated heterocycles. The fourth-order valence-electron chi connectivity index (χ4n) is 1.75. The van der Waals surface area contributed by atoms with Crippen LogP contribution in [0.1, 0.15) is 19.3 Å². The second-order valence-corrected chi connectivity index (χ2v) is 6.11. The Morgan fingerprint density at radius 3 is 2.93 bits per heavy atom. The monoisotopic (exact) mass is 244 g/mol. The van der Waals surface area contributed by atoms with Crippen LogP contribution in [0.25, 0.3) is 0 Å². The SMILES string of the molecule is O=C(CCSC1=NCCS1)N1CCCC1. The quantitative estimate of drug-likeness (QED) is 0.759. The summed E-state index contributed by atoms with van der Waals surface area (Å²) in [6.45, 7) is 2.89. The van der Waals surface area contributed by atoms with Crippen molar-refractivity contribution in [3.8, 4) is 0 Å². The van der Waals surface area contributed by atoms with Crippen molar-refractivity contribution in [3.05, 3.63) is 0 Å². The summed E-state index contributed by atoms with van der Waals surface area (Å²) in [6, 6.07) is 0. The molecule has 0 unspecified atom stereocenters.